The molecule has 0 radical (unpaired) electrons. The minimum absolute atomic E-state index is 0.303. The van der Waals surface area contributed by atoms with Gasteiger partial charge in [-0.2, -0.15) is 0 Å². The predicted octanol–water partition coefficient (Wildman–Crippen LogP) is 6.81. The van der Waals surface area contributed by atoms with Gasteiger partial charge in [0.25, 0.3) is 0 Å². The molecule has 3 aliphatic rings. The number of rotatable bonds is 5. The van der Waals surface area contributed by atoms with Gasteiger partial charge >= 0.3 is 0 Å². The Morgan fingerprint density at radius 3 is 2.23 bits per heavy atom. The minimum atomic E-state index is -1.74. The molecule has 4 aromatic rings. The fourth-order valence-electron chi connectivity index (χ4n) is 7.23. The van der Waals surface area contributed by atoms with Gasteiger partial charge in [0.2, 0.25) is 0 Å². The monoisotopic (exact) mass is 593 g/mol. The van der Waals surface area contributed by atoms with Gasteiger partial charge in [-0.15, -0.1) is 0 Å². The van der Waals surface area contributed by atoms with Gasteiger partial charge < -0.3 is 14.4 Å². The lowest BCUT2D eigenvalue weighted by Gasteiger charge is -2.37. The zero-order valence-corrected chi connectivity index (χ0v) is 24.0. The van der Waals surface area contributed by atoms with Crippen LogP contribution in [0, 0.1) is 11.2 Å². The normalized spacial score (nSPS) is 21.0. The Bertz CT molecular complexity index is 1830. The highest BCUT2D eigenvalue weighted by atomic mass is 35.5. The molecule has 8 heteroatoms. The second-order valence-electron chi connectivity index (χ2n) is 10.9. The Hall–Kier alpha value is -4.75. The van der Waals surface area contributed by atoms with Crippen molar-refractivity contribution in [1.82, 2.24) is 0 Å². The van der Waals surface area contributed by atoms with E-state index in [-0.39, 0.29) is 17.3 Å². The first-order valence-electron chi connectivity index (χ1n) is 13.8. The fraction of sp³-hybridized carbons (Fsp3) is 0.171. The van der Waals surface area contributed by atoms with E-state index in [2.05, 4.69) is 0 Å². The number of hydrogen-bond donors (Lipinski definition) is 0. The summed E-state index contributed by atoms with van der Waals surface area (Å²) in [5, 5.41) is 0.460. The van der Waals surface area contributed by atoms with E-state index in [1.54, 1.807) is 84.9 Å². The molecule has 2 aliphatic heterocycles. The molecule has 0 bridgehead atoms. The van der Waals surface area contributed by atoms with Gasteiger partial charge in [0.05, 0.1) is 20.3 Å². The molecule has 0 N–H and O–H groups in total. The molecule has 1 saturated heterocycles. The largest absolute Gasteiger partial charge is 0.493 e. The number of anilines is 1. The molecule has 2 heterocycles. The molecular formula is C35H25ClFNO5. The third kappa shape index (κ3) is 3.67. The van der Waals surface area contributed by atoms with Crippen LogP contribution in [0.15, 0.2) is 91.0 Å². The number of carbonyl (C=O) groups excluding carboxylic acids is 3. The van der Waals surface area contributed by atoms with Gasteiger partial charge in [0, 0.05) is 44.4 Å². The number of fused-ring (bicyclic) bond motifs is 5. The molecule has 6 nitrogen and oxygen atoms in total. The van der Waals surface area contributed by atoms with E-state index in [4.69, 9.17) is 21.1 Å². The Balaban J connectivity index is 1.58. The summed E-state index contributed by atoms with van der Waals surface area (Å²) >= 11 is 6.17. The van der Waals surface area contributed by atoms with Gasteiger partial charge in [-0.3, -0.25) is 14.4 Å². The molecule has 3 atom stereocenters. The van der Waals surface area contributed by atoms with Crippen molar-refractivity contribution in [1.29, 1.82) is 0 Å². The second-order valence-corrected chi connectivity index (χ2v) is 11.3. The van der Waals surface area contributed by atoms with E-state index >= 15 is 0 Å². The summed E-state index contributed by atoms with van der Waals surface area (Å²) in [5.41, 5.74) is 0.782. The minimum Gasteiger partial charge on any atom is -0.493 e. The van der Waals surface area contributed by atoms with Crippen molar-refractivity contribution < 1.29 is 28.2 Å². The second kappa shape index (κ2) is 9.92. The van der Waals surface area contributed by atoms with E-state index in [0.717, 1.165) is 0 Å². The Morgan fingerprint density at radius 1 is 0.884 bits per heavy atom. The third-order valence-corrected chi connectivity index (χ3v) is 9.18. The smallest absolute Gasteiger partial charge is 0.185 e. The number of carbonyl (C=O) groups is 3. The van der Waals surface area contributed by atoms with Gasteiger partial charge in [-0.25, -0.2) is 4.39 Å². The molecule has 4 aromatic carbocycles. The highest BCUT2D eigenvalue weighted by Gasteiger charge is 2.72. The molecular weight excluding hydrogens is 569 g/mol. The van der Waals surface area contributed by atoms with Crippen molar-refractivity contribution in [2.24, 2.45) is 5.41 Å². The number of benzene rings is 4. The molecule has 1 aliphatic carbocycles. The molecule has 0 amide bonds. The topological polar surface area (TPSA) is 72.9 Å². The average molecular weight is 594 g/mol. The van der Waals surface area contributed by atoms with Crippen LogP contribution < -0.4 is 14.4 Å². The summed E-state index contributed by atoms with van der Waals surface area (Å²) in [4.78, 5) is 46.2. The van der Waals surface area contributed by atoms with Gasteiger partial charge in [-0.05, 0) is 48.5 Å². The first-order chi connectivity index (χ1) is 20.8. The van der Waals surface area contributed by atoms with Crippen LogP contribution in [0.4, 0.5) is 10.1 Å². The van der Waals surface area contributed by atoms with Crippen molar-refractivity contribution >= 4 is 40.7 Å². The van der Waals surface area contributed by atoms with Crippen molar-refractivity contribution in [3.63, 3.8) is 0 Å². The average Bonchev–Trinajstić information content (AvgIpc) is 3.46. The zero-order chi connectivity index (χ0) is 30.0. The van der Waals surface area contributed by atoms with Crippen molar-refractivity contribution in [3.05, 3.63) is 130 Å². The Kier molecular flexibility index (Phi) is 6.25. The van der Waals surface area contributed by atoms with Crippen LogP contribution in [0.2, 0.25) is 5.02 Å². The number of methoxy groups -OCH3 is 2. The number of ether oxygens (including phenoxy) is 2. The van der Waals surface area contributed by atoms with Crippen LogP contribution >= 0.6 is 11.6 Å². The SMILES string of the molecule is COc1cccc([C@@H]2[C@H](C(=O)c3ccc(Cl)cc3)N3c4ccc(F)cc4C=C[C@@H]3C23C(=O)c2ccccc2C3=O)c1OC. The number of Topliss-reactive ketones (excluding diaryl/α,β-unsaturated/α-hetero) is 3. The molecule has 1 spiro atoms. The lowest BCUT2D eigenvalue weighted by atomic mass is 9.64. The van der Waals surface area contributed by atoms with E-state index in [9.17, 15) is 18.8 Å². The quantitative estimate of drug-likeness (QED) is 0.187. The fourth-order valence-corrected chi connectivity index (χ4v) is 7.36. The summed E-state index contributed by atoms with van der Waals surface area (Å²) in [5.74, 6) is -1.81. The van der Waals surface area contributed by atoms with Crippen molar-refractivity contribution in [2.75, 3.05) is 19.1 Å². The first kappa shape index (κ1) is 27.1. The van der Waals surface area contributed by atoms with Crippen LogP contribution in [0.3, 0.4) is 0 Å². The number of halogens is 2. The van der Waals surface area contributed by atoms with E-state index in [1.165, 1.54) is 26.4 Å². The van der Waals surface area contributed by atoms with E-state index < -0.39 is 29.2 Å². The van der Waals surface area contributed by atoms with Gasteiger partial charge in [0.1, 0.15) is 17.3 Å². The summed E-state index contributed by atoms with van der Waals surface area (Å²) in [7, 11) is 2.98. The molecule has 43 heavy (non-hydrogen) atoms. The molecule has 0 unspecified atom stereocenters. The Labute approximate surface area is 252 Å². The molecule has 214 valence electrons. The standard InChI is InChI=1S/C35H25ClFNO5/c1-42-27-9-5-8-25(32(27)43-2)29-30(31(39)19-10-13-21(36)14-11-19)38-26-16-15-22(37)18-20(26)12-17-28(38)35(29)33(40)23-6-3-4-7-24(23)34(35)41/h3-18,28-30H,1-2H3/t28-,29-,30-/m1/s1. The third-order valence-electron chi connectivity index (χ3n) is 8.93. The van der Waals surface area contributed by atoms with Crippen LogP contribution in [0.1, 0.15) is 48.1 Å². The molecule has 0 aromatic heterocycles. The number of ketones is 3. The van der Waals surface area contributed by atoms with Crippen LogP contribution in [-0.4, -0.2) is 43.7 Å². The van der Waals surface area contributed by atoms with Gasteiger partial charge in [0.15, 0.2) is 28.8 Å². The van der Waals surface area contributed by atoms with Crippen molar-refractivity contribution in [3.8, 4) is 11.5 Å². The highest BCUT2D eigenvalue weighted by Crippen LogP contribution is 2.62. The van der Waals surface area contributed by atoms with Crippen LogP contribution in [-0.2, 0) is 0 Å². The van der Waals surface area contributed by atoms with Gasteiger partial charge in [-0.1, -0.05) is 60.2 Å². The highest BCUT2D eigenvalue weighted by molar-refractivity contribution is 6.32. The van der Waals surface area contributed by atoms with Crippen molar-refractivity contribution in [2.45, 2.75) is 18.0 Å². The summed E-state index contributed by atoms with van der Waals surface area (Å²) in [6, 6.07) is 20.9. The number of nitrogens with zero attached hydrogens (tertiary/aromatic N) is 1. The maximum atomic E-state index is 14.8. The lowest BCUT2D eigenvalue weighted by molar-refractivity contribution is 0.0664. The summed E-state index contributed by atoms with van der Waals surface area (Å²) in [6.07, 6.45) is 3.47. The van der Waals surface area contributed by atoms with Crippen LogP contribution in [0.5, 0.6) is 11.5 Å². The number of hydrogen-bond acceptors (Lipinski definition) is 6. The lowest BCUT2D eigenvalue weighted by Crippen LogP contribution is -2.48. The van der Waals surface area contributed by atoms with Crippen LogP contribution in [0.25, 0.3) is 6.08 Å². The maximum Gasteiger partial charge on any atom is 0.185 e. The molecule has 7 rings (SSSR count). The summed E-state index contributed by atoms with van der Waals surface area (Å²) < 4.78 is 25.9. The number of para-hydroxylation sites is 1. The predicted molar refractivity (Wildman–Crippen MR) is 161 cm³/mol. The first-order valence-corrected chi connectivity index (χ1v) is 14.2. The Morgan fingerprint density at radius 2 is 1.58 bits per heavy atom. The summed E-state index contributed by atoms with van der Waals surface area (Å²) in [6.45, 7) is 0. The van der Waals surface area contributed by atoms with E-state index in [0.29, 0.717) is 50.0 Å². The zero-order valence-electron chi connectivity index (χ0n) is 23.2. The molecule has 0 saturated carbocycles. The maximum absolute atomic E-state index is 14.8. The molecule has 1 fully saturated rings. The van der Waals surface area contributed by atoms with E-state index in [1.807, 2.05) is 4.90 Å².